The number of rotatable bonds is 4. The van der Waals surface area contributed by atoms with Crippen LogP contribution in [0.5, 0.6) is 0 Å². The number of alkyl halides is 3. The van der Waals surface area contributed by atoms with Gasteiger partial charge in [-0.3, -0.25) is 14.6 Å². The molecule has 32 heavy (non-hydrogen) atoms. The maximum Gasteiger partial charge on any atom is 0.419 e. The van der Waals surface area contributed by atoms with Crippen LogP contribution >= 0.6 is 0 Å². The lowest BCUT2D eigenvalue weighted by Gasteiger charge is -2.41. The van der Waals surface area contributed by atoms with Gasteiger partial charge in [0.25, 0.3) is 0 Å². The van der Waals surface area contributed by atoms with Crippen molar-refractivity contribution in [3.8, 4) is 0 Å². The molecule has 0 N–H and O–H groups in total. The maximum atomic E-state index is 13.6. The quantitative estimate of drug-likeness (QED) is 0.650. The number of nitrogens with zero attached hydrogens (tertiary/aromatic N) is 4. The smallest absolute Gasteiger partial charge is 0.369 e. The summed E-state index contributed by atoms with van der Waals surface area (Å²) in [5, 5.41) is 0. The number of amides is 1. The predicted octanol–water partition coefficient (Wildman–Crippen LogP) is 3.44. The molecule has 178 valence electrons. The van der Waals surface area contributed by atoms with Gasteiger partial charge in [0.05, 0.1) is 12.1 Å². The highest BCUT2D eigenvalue weighted by molar-refractivity contribution is 5.78. The molecule has 2 heterocycles. The molecule has 0 radical (unpaired) electrons. The average Bonchev–Trinajstić information content (AvgIpc) is 2.80. The first-order chi connectivity index (χ1) is 15.3. The van der Waals surface area contributed by atoms with Crippen molar-refractivity contribution in [1.29, 1.82) is 0 Å². The molecule has 1 aromatic carbocycles. The van der Waals surface area contributed by atoms with E-state index in [2.05, 4.69) is 9.80 Å². The molecule has 1 aromatic rings. The van der Waals surface area contributed by atoms with Crippen LogP contribution in [-0.2, 0) is 11.0 Å². The van der Waals surface area contributed by atoms with Crippen LogP contribution in [0, 0.1) is 5.82 Å². The van der Waals surface area contributed by atoms with Crippen molar-refractivity contribution in [2.24, 2.45) is 0 Å². The number of anilines is 1. The van der Waals surface area contributed by atoms with Crippen LogP contribution in [-0.4, -0.2) is 85.6 Å². The third-order valence-electron chi connectivity index (χ3n) is 7.11. The largest absolute Gasteiger partial charge is 0.419 e. The number of hydrogen-bond acceptors (Lipinski definition) is 4. The Bertz CT molecular complexity index is 781. The van der Waals surface area contributed by atoms with Crippen LogP contribution < -0.4 is 4.90 Å². The van der Waals surface area contributed by atoms with Gasteiger partial charge in [-0.1, -0.05) is 19.3 Å². The highest BCUT2D eigenvalue weighted by Crippen LogP contribution is 2.34. The molecule has 0 spiro atoms. The highest BCUT2D eigenvalue weighted by Gasteiger charge is 2.35. The first kappa shape index (κ1) is 23.3. The molecule has 0 bridgehead atoms. The lowest BCUT2D eigenvalue weighted by atomic mass is 9.94. The number of benzene rings is 1. The molecule has 9 heteroatoms. The summed E-state index contributed by atoms with van der Waals surface area (Å²) in [6.45, 7) is 5.95. The Morgan fingerprint density at radius 3 is 2.19 bits per heavy atom. The van der Waals surface area contributed by atoms with E-state index in [-0.39, 0.29) is 5.91 Å². The van der Waals surface area contributed by atoms with Gasteiger partial charge < -0.3 is 9.80 Å². The zero-order chi connectivity index (χ0) is 22.7. The van der Waals surface area contributed by atoms with Crippen molar-refractivity contribution in [2.75, 3.05) is 63.8 Å². The normalized spacial score (nSPS) is 22.4. The number of halogens is 4. The summed E-state index contributed by atoms with van der Waals surface area (Å²) < 4.78 is 52.5. The molecule has 0 aromatic heterocycles. The van der Waals surface area contributed by atoms with Gasteiger partial charge in [0.1, 0.15) is 5.82 Å². The molecule has 1 aliphatic carbocycles. The predicted molar refractivity (Wildman–Crippen MR) is 115 cm³/mol. The molecule has 2 aliphatic heterocycles. The molecule has 5 nitrogen and oxygen atoms in total. The number of carbonyl (C=O) groups is 1. The third-order valence-corrected chi connectivity index (χ3v) is 7.11. The lowest BCUT2D eigenvalue weighted by Crippen LogP contribution is -2.55. The second-order valence-corrected chi connectivity index (χ2v) is 9.13. The van der Waals surface area contributed by atoms with E-state index in [0.29, 0.717) is 44.5 Å². The molecule has 1 saturated carbocycles. The van der Waals surface area contributed by atoms with E-state index in [1.807, 2.05) is 9.80 Å². The van der Waals surface area contributed by atoms with Crippen molar-refractivity contribution in [3.63, 3.8) is 0 Å². The Labute approximate surface area is 186 Å². The molecule has 3 aliphatic rings. The lowest BCUT2D eigenvalue weighted by molar-refractivity contribution is -0.140. The minimum absolute atomic E-state index is 0.128. The van der Waals surface area contributed by atoms with Crippen LogP contribution in [0.15, 0.2) is 18.2 Å². The van der Waals surface area contributed by atoms with E-state index in [1.165, 1.54) is 38.2 Å². The van der Waals surface area contributed by atoms with Gasteiger partial charge in [-0.15, -0.1) is 0 Å². The summed E-state index contributed by atoms with van der Waals surface area (Å²) in [5.74, 6) is -1.13. The van der Waals surface area contributed by atoms with E-state index in [0.717, 1.165) is 38.3 Å². The van der Waals surface area contributed by atoms with Crippen LogP contribution in [0.1, 0.15) is 37.7 Å². The van der Waals surface area contributed by atoms with Crippen molar-refractivity contribution in [1.82, 2.24) is 14.7 Å². The van der Waals surface area contributed by atoms with Crippen molar-refractivity contribution in [2.45, 2.75) is 44.3 Å². The molecule has 4 rings (SSSR count). The third kappa shape index (κ3) is 5.54. The van der Waals surface area contributed by atoms with Crippen molar-refractivity contribution in [3.05, 3.63) is 29.6 Å². The van der Waals surface area contributed by atoms with Gasteiger partial charge in [0.2, 0.25) is 5.91 Å². The zero-order valence-corrected chi connectivity index (χ0v) is 18.4. The summed E-state index contributed by atoms with van der Waals surface area (Å²) in [6.07, 6.45) is 1.80. The molecule has 0 unspecified atom stereocenters. The first-order valence-corrected chi connectivity index (χ1v) is 11.7. The summed E-state index contributed by atoms with van der Waals surface area (Å²) in [5.41, 5.74) is -0.872. The van der Waals surface area contributed by atoms with Crippen LogP contribution in [0.3, 0.4) is 0 Å². The summed E-state index contributed by atoms with van der Waals surface area (Å²) in [7, 11) is 0. The molecule has 0 atom stereocenters. The number of piperazine rings is 2. The average molecular weight is 457 g/mol. The summed E-state index contributed by atoms with van der Waals surface area (Å²) in [4.78, 5) is 21.1. The second kappa shape index (κ2) is 9.95. The van der Waals surface area contributed by atoms with Gasteiger partial charge in [-0.2, -0.15) is 13.2 Å². The minimum Gasteiger partial charge on any atom is -0.369 e. The van der Waals surface area contributed by atoms with Crippen molar-refractivity contribution >= 4 is 11.6 Å². The van der Waals surface area contributed by atoms with Gasteiger partial charge in [-0.05, 0) is 31.0 Å². The monoisotopic (exact) mass is 456 g/mol. The van der Waals surface area contributed by atoms with Crippen LogP contribution in [0.25, 0.3) is 0 Å². The molecule has 2 saturated heterocycles. The van der Waals surface area contributed by atoms with E-state index in [9.17, 15) is 22.4 Å². The molecule has 3 fully saturated rings. The molecular formula is C23H32F4N4O. The summed E-state index contributed by atoms with van der Waals surface area (Å²) in [6, 6.07) is 3.82. The second-order valence-electron chi connectivity index (χ2n) is 9.13. The van der Waals surface area contributed by atoms with Gasteiger partial charge in [0, 0.05) is 64.1 Å². The SMILES string of the molecule is O=C(CN1CCN(c2ccc(F)c(C(F)(F)F)c2)CC1)N1CCN(C2CCCCC2)CC1. The van der Waals surface area contributed by atoms with Crippen LogP contribution in [0.4, 0.5) is 23.2 Å². The van der Waals surface area contributed by atoms with E-state index in [4.69, 9.17) is 0 Å². The Morgan fingerprint density at radius 1 is 0.906 bits per heavy atom. The molecular weight excluding hydrogens is 424 g/mol. The van der Waals surface area contributed by atoms with Gasteiger partial charge in [-0.25, -0.2) is 4.39 Å². The Hall–Kier alpha value is -1.87. The van der Waals surface area contributed by atoms with Gasteiger partial charge in [0.15, 0.2) is 0 Å². The van der Waals surface area contributed by atoms with E-state index in [1.54, 1.807) is 0 Å². The summed E-state index contributed by atoms with van der Waals surface area (Å²) >= 11 is 0. The Balaban J connectivity index is 1.23. The zero-order valence-electron chi connectivity index (χ0n) is 18.4. The standard InChI is InChI=1S/C23H32F4N4O/c24-21-7-6-19(16-20(21)23(25,26)27)30-10-8-28(9-11-30)17-22(32)31-14-12-29(13-15-31)18-4-2-1-3-5-18/h6-7,16,18H,1-5,8-15,17H2. The van der Waals surface area contributed by atoms with E-state index < -0.39 is 17.6 Å². The Morgan fingerprint density at radius 2 is 1.56 bits per heavy atom. The first-order valence-electron chi connectivity index (χ1n) is 11.7. The Kier molecular flexibility index (Phi) is 7.24. The number of hydrogen-bond donors (Lipinski definition) is 0. The topological polar surface area (TPSA) is 30.0 Å². The fourth-order valence-electron chi connectivity index (χ4n) is 5.17. The fourth-order valence-corrected chi connectivity index (χ4v) is 5.17. The maximum absolute atomic E-state index is 13.6. The minimum atomic E-state index is -4.71. The van der Waals surface area contributed by atoms with Gasteiger partial charge >= 0.3 is 6.18 Å². The molecule has 1 amide bonds. The highest BCUT2D eigenvalue weighted by atomic mass is 19.4. The van der Waals surface area contributed by atoms with E-state index >= 15 is 0 Å². The number of carbonyl (C=O) groups excluding carboxylic acids is 1. The fraction of sp³-hybridized carbons (Fsp3) is 0.696. The van der Waals surface area contributed by atoms with Crippen LogP contribution in [0.2, 0.25) is 0 Å². The van der Waals surface area contributed by atoms with Crippen molar-refractivity contribution < 1.29 is 22.4 Å².